The molecule has 31 heavy (non-hydrogen) atoms. The number of halogens is 2. The summed E-state index contributed by atoms with van der Waals surface area (Å²) in [6.45, 7) is 3.80. The van der Waals surface area contributed by atoms with Crippen LogP contribution in [0.25, 0.3) is 21.6 Å². The van der Waals surface area contributed by atoms with Gasteiger partial charge in [-0.15, -0.1) is 10.2 Å². The Hall–Kier alpha value is -2.56. The molecule has 0 atom stereocenters. The van der Waals surface area contributed by atoms with Gasteiger partial charge in [-0.3, -0.25) is 4.79 Å². The standard InChI is InChI=1S/C21H17Br2N5O2S/c1-11-4-5-14(20-27-28-12(2)25-26-21(28)31-20)9-17(11)24-18(29)7-6-13-8-15(22)10-16(23)19(13)30-3/h4-10H,1-3H3,(H,24,29)/b7-6+. The van der Waals surface area contributed by atoms with E-state index in [9.17, 15) is 4.79 Å². The van der Waals surface area contributed by atoms with Gasteiger partial charge in [-0.25, -0.2) is 0 Å². The number of ether oxygens (including phenoxy) is 1. The van der Waals surface area contributed by atoms with E-state index in [1.54, 1.807) is 17.7 Å². The number of rotatable bonds is 5. The van der Waals surface area contributed by atoms with E-state index in [0.29, 0.717) is 5.75 Å². The molecule has 0 unspecified atom stereocenters. The number of hydrogen-bond donors (Lipinski definition) is 1. The molecule has 158 valence electrons. The van der Waals surface area contributed by atoms with E-state index in [2.05, 4.69) is 52.5 Å². The quantitative estimate of drug-likeness (QED) is 0.318. The first-order valence-corrected chi connectivity index (χ1v) is 11.6. The van der Waals surface area contributed by atoms with Crippen LogP contribution in [-0.2, 0) is 4.79 Å². The van der Waals surface area contributed by atoms with Gasteiger partial charge in [0.1, 0.15) is 10.8 Å². The number of benzene rings is 2. The van der Waals surface area contributed by atoms with Crippen LogP contribution in [-0.4, -0.2) is 32.8 Å². The second-order valence-corrected chi connectivity index (χ2v) is 9.44. The summed E-state index contributed by atoms with van der Waals surface area (Å²) in [6, 6.07) is 9.62. The van der Waals surface area contributed by atoms with Crippen molar-refractivity contribution < 1.29 is 9.53 Å². The Morgan fingerprint density at radius 3 is 2.74 bits per heavy atom. The topological polar surface area (TPSA) is 81.4 Å². The summed E-state index contributed by atoms with van der Waals surface area (Å²) in [4.78, 5) is 13.3. The molecule has 0 bridgehead atoms. The van der Waals surface area contributed by atoms with Crippen molar-refractivity contribution >= 4 is 65.8 Å². The number of aromatic nitrogens is 4. The van der Waals surface area contributed by atoms with Gasteiger partial charge in [0.15, 0.2) is 5.82 Å². The van der Waals surface area contributed by atoms with Crippen LogP contribution in [0.5, 0.6) is 5.75 Å². The number of fused-ring (bicyclic) bond motifs is 1. The summed E-state index contributed by atoms with van der Waals surface area (Å²) in [7, 11) is 1.59. The molecule has 1 N–H and O–H groups in total. The Balaban J connectivity index is 1.57. The zero-order valence-electron chi connectivity index (χ0n) is 16.8. The number of carbonyl (C=O) groups is 1. The largest absolute Gasteiger partial charge is 0.495 e. The first kappa shape index (κ1) is 21.7. The molecule has 0 spiro atoms. The van der Waals surface area contributed by atoms with Crippen LogP contribution >= 0.6 is 43.2 Å². The highest BCUT2D eigenvalue weighted by Gasteiger charge is 2.13. The van der Waals surface area contributed by atoms with Crippen LogP contribution < -0.4 is 10.1 Å². The van der Waals surface area contributed by atoms with Crippen molar-refractivity contribution in [2.24, 2.45) is 0 Å². The van der Waals surface area contributed by atoms with Gasteiger partial charge in [0, 0.05) is 27.4 Å². The second-order valence-electron chi connectivity index (χ2n) is 6.71. The van der Waals surface area contributed by atoms with Crippen molar-refractivity contribution in [1.29, 1.82) is 0 Å². The molecule has 10 heteroatoms. The third-order valence-corrected chi connectivity index (χ3v) is 6.54. The normalized spacial score (nSPS) is 11.4. The molecular weight excluding hydrogens is 546 g/mol. The van der Waals surface area contributed by atoms with Crippen LogP contribution in [0.2, 0.25) is 0 Å². The van der Waals surface area contributed by atoms with Crippen LogP contribution in [0.15, 0.2) is 45.4 Å². The summed E-state index contributed by atoms with van der Waals surface area (Å²) >= 11 is 8.37. The Morgan fingerprint density at radius 2 is 2.00 bits per heavy atom. The zero-order chi connectivity index (χ0) is 22.1. The molecule has 2 aromatic carbocycles. The number of aryl methyl sites for hydroxylation is 2. The summed E-state index contributed by atoms with van der Waals surface area (Å²) < 4.78 is 8.81. The van der Waals surface area contributed by atoms with Crippen molar-refractivity contribution in [3.8, 4) is 16.3 Å². The molecule has 0 aliphatic heterocycles. The van der Waals surface area contributed by atoms with Gasteiger partial charge < -0.3 is 10.1 Å². The van der Waals surface area contributed by atoms with Gasteiger partial charge in [-0.05, 0) is 59.6 Å². The summed E-state index contributed by atoms with van der Waals surface area (Å²) in [5.41, 5.74) is 3.35. The first-order chi connectivity index (χ1) is 14.9. The summed E-state index contributed by atoms with van der Waals surface area (Å²) in [5.74, 6) is 1.15. The molecule has 2 aromatic heterocycles. The van der Waals surface area contributed by atoms with Crippen molar-refractivity contribution in [1.82, 2.24) is 19.8 Å². The smallest absolute Gasteiger partial charge is 0.248 e. The fraction of sp³-hybridized carbons (Fsp3) is 0.143. The Bertz CT molecular complexity index is 1330. The van der Waals surface area contributed by atoms with Gasteiger partial charge in [-0.1, -0.05) is 39.4 Å². The number of carbonyl (C=O) groups excluding carboxylic acids is 1. The Labute approximate surface area is 199 Å². The molecule has 0 aliphatic carbocycles. The molecule has 2 heterocycles. The maximum Gasteiger partial charge on any atom is 0.248 e. The van der Waals surface area contributed by atoms with Crippen molar-refractivity contribution in [2.75, 3.05) is 12.4 Å². The molecule has 0 saturated heterocycles. The number of nitrogens with zero attached hydrogens (tertiary/aromatic N) is 4. The predicted octanol–water partition coefficient (Wildman–Crippen LogP) is 5.66. The van der Waals surface area contributed by atoms with E-state index in [0.717, 1.165) is 47.1 Å². The van der Waals surface area contributed by atoms with Gasteiger partial charge >= 0.3 is 0 Å². The Kier molecular flexibility index (Phi) is 6.22. The molecule has 0 saturated carbocycles. The number of anilines is 1. The molecule has 0 aliphatic rings. The fourth-order valence-electron chi connectivity index (χ4n) is 2.98. The lowest BCUT2D eigenvalue weighted by Crippen LogP contribution is -2.09. The van der Waals surface area contributed by atoms with Gasteiger partial charge in [0.05, 0.1) is 11.6 Å². The van der Waals surface area contributed by atoms with E-state index < -0.39 is 0 Å². The van der Waals surface area contributed by atoms with E-state index in [1.807, 2.05) is 44.2 Å². The Morgan fingerprint density at radius 1 is 1.19 bits per heavy atom. The average Bonchev–Trinajstić information content (AvgIpc) is 3.30. The SMILES string of the molecule is COc1c(Br)cc(Br)cc1/C=C/C(=O)Nc1cc(-c2nn3c(C)nnc3s2)ccc1C. The van der Waals surface area contributed by atoms with Gasteiger partial charge in [0.2, 0.25) is 10.9 Å². The molecule has 4 aromatic rings. The van der Waals surface area contributed by atoms with Crippen LogP contribution in [0.4, 0.5) is 5.69 Å². The molecule has 7 nitrogen and oxygen atoms in total. The second kappa shape index (κ2) is 8.89. The monoisotopic (exact) mass is 561 g/mol. The average molecular weight is 563 g/mol. The van der Waals surface area contributed by atoms with E-state index in [4.69, 9.17) is 4.74 Å². The summed E-state index contributed by atoms with van der Waals surface area (Å²) in [5, 5.41) is 16.4. The van der Waals surface area contributed by atoms with E-state index in [-0.39, 0.29) is 5.91 Å². The third kappa shape index (κ3) is 4.56. The number of amides is 1. The molecular formula is C21H17Br2N5O2S. The number of nitrogens with one attached hydrogen (secondary N) is 1. The molecule has 0 radical (unpaired) electrons. The minimum absolute atomic E-state index is 0.243. The van der Waals surface area contributed by atoms with Crippen LogP contribution in [0, 0.1) is 13.8 Å². The molecule has 0 fully saturated rings. The lowest BCUT2D eigenvalue weighted by atomic mass is 10.1. The predicted molar refractivity (Wildman–Crippen MR) is 130 cm³/mol. The summed E-state index contributed by atoms with van der Waals surface area (Å²) in [6.07, 6.45) is 3.20. The minimum atomic E-state index is -0.243. The lowest BCUT2D eigenvalue weighted by molar-refractivity contribution is -0.111. The van der Waals surface area contributed by atoms with Crippen LogP contribution in [0.1, 0.15) is 17.0 Å². The minimum Gasteiger partial charge on any atom is -0.495 e. The number of hydrogen-bond acceptors (Lipinski definition) is 6. The molecule has 4 rings (SSSR count). The van der Waals surface area contributed by atoms with E-state index >= 15 is 0 Å². The zero-order valence-corrected chi connectivity index (χ0v) is 20.8. The van der Waals surface area contributed by atoms with Crippen molar-refractivity contribution in [3.05, 3.63) is 62.3 Å². The first-order valence-electron chi connectivity index (χ1n) is 9.17. The highest BCUT2D eigenvalue weighted by atomic mass is 79.9. The maximum absolute atomic E-state index is 12.6. The molecule has 1 amide bonds. The number of methoxy groups -OCH3 is 1. The highest BCUT2D eigenvalue weighted by molar-refractivity contribution is 9.11. The van der Waals surface area contributed by atoms with Crippen molar-refractivity contribution in [2.45, 2.75) is 13.8 Å². The highest BCUT2D eigenvalue weighted by Crippen LogP contribution is 2.33. The van der Waals surface area contributed by atoms with Crippen LogP contribution in [0.3, 0.4) is 0 Å². The van der Waals surface area contributed by atoms with Gasteiger partial charge in [-0.2, -0.15) is 9.61 Å². The van der Waals surface area contributed by atoms with Crippen molar-refractivity contribution in [3.63, 3.8) is 0 Å². The van der Waals surface area contributed by atoms with E-state index in [1.165, 1.54) is 17.4 Å². The maximum atomic E-state index is 12.6. The third-order valence-electron chi connectivity index (χ3n) is 4.54. The van der Waals surface area contributed by atoms with Gasteiger partial charge in [0.25, 0.3) is 0 Å². The fourth-order valence-corrected chi connectivity index (χ4v) is 5.28. The lowest BCUT2D eigenvalue weighted by Gasteiger charge is -2.09.